The van der Waals surface area contributed by atoms with Crippen LogP contribution in [0.2, 0.25) is 5.02 Å². The van der Waals surface area contributed by atoms with Crippen LogP contribution in [0.4, 0.5) is 13.2 Å². The number of alkyl halides is 3. The van der Waals surface area contributed by atoms with Gasteiger partial charge in [-0.15, -0.1) is 24.8 Å². The maximum atomic E-state index is 13.0. The van der Waals surface area contributed by atoms with Crippen molar-refractivity contribution in [2.45, 2.75) is 56.4 Å². The third-order valence-corrected chi connectivity index (χ3v) is 7.71. The van der Waals surface area contributed by atoms with E-state index >= 15 is 0 Å². The van der Waals surface area contributed by atoms with E-state index in [1.54, 1.807) is 12.1 Å². The molecule has 1 atom stereocenters. The first-order valence-electron chi connectivity index (χ1n) is 12.4. The Kier molecular flexibility index (Phi) is 11.9. The van der Waals surface area contributed by atoms with Gasteiger partial charge in [0.15, 0.2) is 0 Å². The van der Waals surface area contributed by atoms with Gasteiger partial charge in [-0.3, -0.25) is 0 Å². The topological polar surface area (TPSA) is 35.9 Å². The van der Waals surface area contributed by atoms with Crippen LogP contribution in [-0.2, 0) is 12.8 Å². The zero-order valence-electron chi connectivity index (χ0n) is 21.0. The summed E-state index contributed by atoms with van der Waals surface area (Å²) in [6.45, 7) is 4.70. The van der Waals surface area contributed by atoms with E-state index in [-0.39, 0.29) is 37.3 Å². The van der Waals surface area contributed by atoms with Crippen LogP contribution in [0.15, 0.2) is 42.5 Å². The Balaban J connectivity index is 0.00000241. The molecular weight excluding hydrogens is 548 g/mol. The van der Waals surface area contributed by atoms with E-state index < -0.39 is 17.3 Å². The lowest BCUT2D eigenvalue weighted by atomic mass is 9.72. The van der Waals surface area contributed by atoms with Crippen molar-refractivity contribution < 1.29 is 23.0 Å². The number of ether oxygens (including phenoxy) is 1. The second-order valence-corrected chi connectivity index (χ2v) is 10.4. The summed E-state index contributed by atoms with van der Waals surface area (Å²) in [5.41, 5.74) is -0.0765. The van der Waals surface area contributed by atoms with Crippen LogP contribution in [0, 0.1) is 0 Å². The van der Waals surface area contributed by atoms with Crippen LogP contribution in [-0.4, -0.2) is 60.3 Å². The number of hydrogen-bond donors (Lipinski definition) is 1. The van der Waals surface area contributed by atoms with Gasteiger partial charge in [0.2, 0.25) is 0 Å². The Morgan fingerprint density at radius 3 is 2.30 bits per heavy atom. The Morgan fingerprint density at radius 1 is 1.00 bits per heavy atom. The molecule has 2 aromatic rings. The number of likely N-dealkylation sites (N-methyl/N-ethyl adjacent to an activating group) is 1. The average molecular weight is 584 g/mol. The number of nitrogens with zero attached hydrogens (tertiary/aromatic N) is 2. The molecule has 1 saturated heterocycles. The van der Waals surface area contributed by atoms with Gasteiger partial charge in [0.05, 0.1) is 16.2 Å². The van der Waals surface area contributed by atoms with Gasteiger partial charge in [0.25, 0.3) is 0 Å². The lowest BCUT2D eigenvalue weighted by Crippen LogP contribution is -2.50. The monoisotopic (exact) mass is 582 g/mol. The molecule has 0 bridgehead atoms. The van der Waals surface area contributed by atoms with Crippen molar-refractivity contribution in [3.05, 3.63) is 64.2 Å². The van der Waals surface area contributed by atoms with Crippen LogP contribution >= 0.6 is 36.4 Å². The van der Waals surface area contributed by atoms with E-state index in [2.05, 4.69) is 16.8 Å². The molecule has 0 radical (unpaired) electrons. The second-order valence-electron chi connectivity index (χ2n) is 10.00. The van der Waals surface area contributed by atoms with Crippen molar-refractivity contribution in [1.29, 1.82) is 0 Å². The summed E-state index contributed by atoms with van der Waals surface area (Å²) < 4.78 is 44.8. The highest BCUT2D eigenvalue weighted by Crippen LogP contribution is 2.42. The molecule has 0 spiro atoms. The second kappa shape index (κ2) is 13.7. The summed E-state index contributed by atoms with van der Waals surface area (Å²) in [5.74, 6) is 0.350. The summed E-state index contributed by atoms with van der Waals surface area (Å²) in [6.07, 6.45) is 0.330. The average Bonchev–Trinajstić information content (AvgIpc) is 2.83. The van der Waals surface area contributed by atoms with Crippen molar-refractivity contribution in [2.24, 2.45) is 0 Å². The van der Waals surface area contributed by atoms with Gasteiger partial charge in [0, 0.05) is 38.6 Å². The summed E-state index contributed by atoms with van der Waals surface area (Å²) in [4.78, 5) is 4.73. The van der Waals surface area contributed by atoms with E-state index in [0.717, 1.165) is 82.5 Å². The molecule has 2 aromatic carbocycles. The van der Waals surface area contributed by atoms with Crippen molar-refractivity contribution in [1.82, 2.24) is 9.80 Å². The van der Waals surface area contributed by atoms with Crippen LogP contribution in [0.5, 0.6) is 5.75 Å². The first-order chi connectivity index (χ1) is 16.6. The highest BCUT2D eigenvalue weighted by Gasteiger charge is 2.40. The zero-order chi connectivity index (χ0) is 25.1. The van der Waals surface area contributed by atoms with Crippen LogP contribution in [0.25, 0.3) is 0 Å². The third kappa shape index (κ3) is 8.38. The molecule has 2 fully saturated rings. The summed E-state index contributed by atoms with van der Waals surface area (Å²) in [5, 5.41) is 12.1. The predicted molar refractivity (Wildman–Crippen MR) is 146 cm³/mol. The Labute approximate surface area is 234 Å². The van der Waals surface area contributed by atoms with E-state index in [0.29, 0.717) is 16.3 Å². The minimum absolute atomic E-state index is 0. The van der Waals surface area contributed by atoms with Crippen molar-refractivity contribution in [2.75, 3.05) is 39.8 Å². The third-order valence-electron chi connectivity index (χ3n) is 7.41. The van der Waals surface area contributed by atoms with Crippen LogP contribution < -0.4 is 4.74 Å². The summed E-state index contributed by atoms with van der Waals surface area (Å²) in [6, 6.07) is 10.7. The standard InChI is InChI=1S/C27H34ClF3N2O2.2ClH/c1-32-12-14-33(15-13-32)18-23(26(34)10-3-2-4-11-26)21-8-9-25(24(28)17-21)35-19-20-6-5-7-22(16-20)27(29,30)31;;/h5-9,16-17,23,34H,2-4,10-15,18-19H2,1H3;2*1H. The molecule has 10 heteroatoms. The molecule has 1 aliphatic heterocycles. The van der Waals surface area contributed by atoms with Crippen LogP contribution in [0.3, 0.4) is 0 Å². The fraction of sp³-hybridized carbons (Fsp3) is 0.556. The van der Waals surface area contributed by atoms with E-state index in [1.807, 2.05) is 12.1 Å². The van der Waals surface area contributed by atoms with Gasteiger partial charge in [-0.1, -0.05) is 49.1 Å². The van der Waals surface area contributed by atoms with Gasteiger partial charge < -0.3 is 19.6 Å². The number of piperazine rings is 1. The molecule has 2 aliphatic rings. The Hall–Kier alpha value is -1.22. The van der Waals surface area contributed by atoms with Crippen molar-refractivity contribution in [3.8, 4) is 5.75 Å². The largest absolute Gasteiger partial charge is 0.487 e. The maximum absolute atomic E-state index is 13.0. The molecule has 0 aromatic heterocycles. The van der Waals surface area contributed by atoms with Gasteiger partial charge in [-0.05, 0) is 55.3 Å². The molecule has 1 aliphatic carbocycles. The lowest BCUT2D eigenvalue weighted by molar-refractivity contribution is -0.137. The molecule has 1 heterocycles. The number of benzene rings is 2. The zero-order valence-corrected chi connectivity index (χ0v) is 23.4. The van der Waals surface area contributed by atoms with Gasteiger partial charge in [-0.2, -0.15) is 13.2 Å². The lowest BCUT2D eigenvalue weighted by Gasteiger charge is -2.43. The summed E-state index contributed by atoms with van der Waals surface area (Å²) >= 11 is 6.58. The molecule has 0 amide bonds. The fourth-order valence-electron chi connectivity index (χ4n) is 5.24. The minimum atomic E-state index is -4.40. The molecule has 37 heavy (non-hydrogen) atoms. The molecule has 4 nitrogen and oxygen atoms in total. The Bertz CT molecular complexity index is 995. The summed E-state index contributed by atoms with van der Waals surface area (Å²) in [7, 11) is 2.13. The van der Waals surface area contributed by atoms with E-state index in [1.165, 1.54) is 6.07 Å². The Morgan fingerprint density at radius 2 is 1.68 bits per heavy atom. The van der Waals surface area contributed by atoms with Crippen molar-refractivity contribution >= 4 is 36.4 Å². The first kappa shape index (κ1) is 32.0. The van der Waals surface area contributed by atoms with Gasteiger partial charge in [-0.25, -0.2) is 0 Å². The first-order valence-corrected chi connectivity index (χ1v) is 12.7. The number of hydrogen-bond acceptors (Lipinski definition) is 4. The highest BCUT2D eigenvalue weighted by molar-refractivity contribution is 6.32. The predicted octanol–water partition coefficient (Wildman–Crippen LogP) is 6.81. The van der Waals surface area contributed by atoms with Gasteiger partial charge >= 0.3 is 6.18 Å². The fourth-order valence-corrected chi connectivity index (χ4v) is 5.48. The number of halogens is 6. The van der Waals surface area contributed by atoms with Gasteiger partial charge in [0.1, 0.15) is 12.4 Å². The molecule has 208 valence electrons. The number of rotatable bonds is 7. The normalized spacial score (nSPS) is 19.4. The quantitative estimate of drug-likeness (QED) is 0.389. The minimum Gasteiger partial charge on any atom is -0.487 e. The number of aliphatic hydroxyl groups is 1. The molecule has 1 N–H and O–H groups in total. The van der Waals surface area contributed by atoms with E-state index in [4.69, 9.17) is 16.3 Å². The maximum Gasteiger partial charge on any atom is 0.416 e. The molecule has 4 rings (SSSR count). The molecule has 1 unspecified atom stereocenters. The van der Waals surface area contributed by atoms with Crippen LogP contribution in [0.1, 0.15) is 54.7 Å². The highest BCUT2D eigenvalue weighted by atomic mass is 35.5. The molecule has 1 saturated carbocycles. The van der Waals surface area contributed by atoms with E-state index in [9.17, 15) is 18.3 Å². The van der Waals surface area contributed by atoms with Crippen molar-refractivity contribution in [3.63, 3.8) is 0 Å². The molecular formula is C27H36Cl3F3N2O2. The smallest absolute Gasteiger partial charge is 0.416 e. The SMILES string of the molecule is CN1CCN(CC(c2ccc(OCc3cccc(C(F)(F)F)c3)c(Cl)c2)C2(O)CCCCC2)CC1.Cl.Cl.